The molecule has 98 valence electrons. The molecular formula is C12H15BrN2O2S. The Morgan fingerprint density at radius 2 is 2.11 bits per heavy atom. The highest BCUT2D eigenvalue weighted by Crippen LogP contribution is 2.22. The van der Waals surface area contributed by atoms with Crippen molar-refractivity contribution in [3.05, 3.63) is 28.4 Å². The van der Waals surface area contributed by atoms with Gasteiger partial charge in [0.05, 0.1) is 17.0 Å². The molecule has 4 nitrogen and oxygen atoms in total. The quantitative estimate of drug-likeness (QED) is 0.865. The van der Waals surface area contributed by atoms with Gasteiger partial charge in [0.25, 0.3) is 0 Å². The number of nitrogens with zero attached hydrogens (tertiary/aromatic N) is 2. The van der Waals surface area contributed by atoms with Crippen LogP contribution in [0, 0.1) is 6.92 Å². The number of rotatable bonds is 4. The van der Waals surface area contributed by atoms with Crippen molar-refractivity contribution in [3.63, 3.8) is 0 Å². The average molecular weight is 331 g/mol. The minimum atomic E-state index is -2.90. The van der Waals surface area contributed by atoms with Crippen LogP contribution in [0.25, 0.3) is 10.9 Å². The second-order valence-corrected chi connectivity index (χ2v) is 7.63. The monoisotopic (exact) mass is 330 g/mol. The van der Waals surface area contributed by atoms with Crippen molar-refractivity contribution in [3.8, 4) is 0 Å². The number of halogens is 1. The van der Waals surface area contributed by atoms with Gasteiger partial charge in [-0.2, -0.15) is 5.10 Å². The van der Waals surface area contributed by atoms with Crippen molar-refractivity contribution in [1.82, 2.24) is 9.78 Å². The molecule has 1 heterocycles. The minimum absolute atomic E-state index is 0.198. The third kappa shape index (κ3) is 3.11. The van der Waals surface area contributed by atoms with Crippen molar-refractivity contribution in [2.24, 2.45) is 0 Å². The van der Waals surface area contributed by atoms with Crippen LogP contribution in [0.4, 0.5) is 0 Å². The van der Waals surface area contributed by atoms with Crippen molar-refractivity contribution < 1.29 is 8.42 Å². The van der Waals surface area contributed by atoms with Crippen LogP contribution in [0.1, 0.15) is 12.1 Å². The normalized spacial score (nSPS) is 12.2. The predicted octanol–water partition coefficient (Wildman–Crippen LogP) is 2.54. The van der Waals surface area contributed by atoms with Crippen LogP contribution in [-0.2, 0) is 16.4 Å². The van der Waals surface area contributed by atoms with E-state index in [9.17, 15) is 8.42 Å². The number of hydrogen-bond acceptors (Lipinski definition) is 3. The molecule has 0 radical (unpaired) electrons. The molecule has 0 fully saturated rings. The Labute approximate surface area is 115 Å². The molecule has 2 aromatic rings. The first-order chi connectivity index (χ1) is 8.37. The zero-order valence-electron chi connectivity index (χ0n) is 10.4. The van der Waals surface area contributed by atoms with Crippen molar-refractivity contribution >= 4 is 36.7 Å². The largest absolute Gasteiger partial charge is 0.265 e. The number of aromatic nitrogens is 2. The molecule has 1 aromatic heterocycles. The summed E-state index contributed by atoms with van der Waals surface area (Å²) in [6.45, 7) is 2.58. The Bertz CT molecular complexity index is 677. The number of benzene rings is 1. The van der Waals surface area contributed by atoms with Crippen molar-refractivity contribution in [2.75, 3.05) is 12.0 Å². The molecule has 0 bridgehead atoms. The number of hydrogen-bond donors (Lipinski definition) is 0. The Balaban J connectivity index is 2.24. The first kappa shape index (κ1) is 13.5. The van der Waals surface area contributed by atoms with Crippen LogP contribution in [0.5, 0.6) is 0 Å². The summed E-state index contributed by atoms with van der Waals surface area (Å²) < 4.78 is 25.1. The number of sulfone groups is 1. The highest BCUT2D eigenvalue weighted by atomic mass is 79.9. The number of fused-ring (bicyclic) bond motifs is 1. The summed E-state index contributed by atoms with van der Waals surface area (Å²) >= 11 is 3.44. The van der Waals surface area contributed by atoms with Crippen LogP contribution < -0.4 is 0 Å². The lowest BCUT2D eigenvalue weighted by Gasteiger charge is -2.02. The zero-order valence-corrected chi connectivity index (χ0v) is 12.8. The van der Waals surface area contributed by atoms with E-state index < -0.39 is 9.84 Å². The Morgan fingerprint density at radius 1 is 1.39 bits per heavy atom. The first-order valence-electron chi connectivity index (χ1n) is 5.67. The van der Waals surface area contributed by atoms with Crippen molar-refractivity contribution in [1.29, 1.82) is 0 Å². The van der Waals surface area contributed by atoms with Crippen LogP contribution in [0.2, 0.25) is 0 Å². The van der Waals surface area contributed by atoms with Gasteiger partial charge >= 0.3 is 0 Å². The molecule has 0 spiro atoms. The van der Waals surface area contributed by atoms with Gasteiger partial charge in [-0.3, -0.25) is 4.68 Å². The molecule has 0 saturated carbocycles. The summed E-state index contributed by atoms with van der Waals surface area (Å²) in [5.41, 5.74) is 2.01. The minimum Gasteiger partial charge on any atom is -0.265 e. The third-order valence-electron chi connectivity index (χ3n) is 2.78. The number of aryl methyl sites for hydroxylation is 2. The maximum atomic E-state index is 11.1. The third-order valence-corrected chi connectivity index (χ3v) is 4.31. The molecule has 18 heavy (non-hydrogen) atoms. The first-order valence-corrected chi connectivity index (χ1v) is 8.52. The standard InChI is InChI=1S/C12H15BrN2O2S/c1-9-11-8-10(13)4-5-12(11)15(14-9)6-3-7-18(2,16)17/h4-5,8H,3,6-7H2,1-2H3. The highest BCUT2D eigenvalue weighted by molar-refractivity contribution is 9.10. The molecular weight excluding hydrogens is 316 g/mol. The van der Waals surface area contributed by atoms with E-state index in [1.165, 1.54) is 6.26 Å². The van der Waals surface area contributed by atoms with Gasteiger partial charge in [-0.1, -0.05) is 15.9 Å². The molecule has 0 aliphatic heterocycles. The van der Waals surface area contributed by atoms with Gasteiger partial charge in [0.1, 0.15) is 9.84 Å². The summed E-state index contributed by atoms with van der Waals surface area (Å²) in [7, 11) is -2.90. The van der Waals surface area contributed by atoms with Gasteiger partial charge in [-0.25, -0.2) is 8.42 Å². The second-order valence-electron chi connectivity index (χ2n) is 4.45. The SMILES string of the molecule is Cc1nn(CCCS(C)(=O)=O)c2ccc(Br)cc12. The van der Waals surface area contributed by atoms with Crippen LogP contribution in [0.15, 0.2) is 22.7 Å². The topological polar surface area (TPSA) is 52.0 Å². The Morgan fingerprint density at radius 3 is 2.78 bits per heavy atom. The molecule has 0 N–H and O–H groups in total. The predicted molar refractivity (Wildman–Crippen MR) is 76.5 cm³/mol. The fraction of sp³-hybridized carbons (Fsp3) is 0.417. The molecule has 6 heteroatoms. The van der Waals surface area contributed by atoms with Crippen LogP contribution in [0.3, 0.4) is 0 Å². The summed E-state index contributed by atoms with van der Waals surface area (Å²) in [5.74, 6) is 0.198. The second kappa shape index (κ2) is 5.01. The van der Waals surface area contributed by atoms with Gasteiger partial charge in [-0.15, -0.1) is 0 Å². The van der Waals surface area contributed by atoms with Crippen molar-refractivity contribution in [2.45, 2.75) is 19.9 Å². The fourth-order valence-corrected chi connectivity index (χ4v) is 2.97. The van der Waals surface area contributed by atoms with Gasteiger partial charge in [-0.05, 0) is 31.5 Å². The smallest absolute Gasteiger partial charge is 0.147 e. The average Bonchev–Trinajstić information content (AvgIpc) is 2.54. The molecule has 0 atom stereocenters. The molecule has 0 saturated heterocycles. The lowest BCUT2D eigenvalue weighted by Crippen LogP contribution is -2.08. The maximum Gasteiger partial charge on any atom is 0.147 e. The molecule has 0 unspecified atom stereocenters. The fourth-order valence-electron chi connectivity index (χ4n) is 1.96. The summed E-state index contributed by atoms with van der Waals surface area (Å²) in [6.07, 6.45) is 1.85. The zero-order chi connectivity index (χ0) is 13.3. The summed E-state index contributed by atoms with van der Waals surface area (Å²) in [4.78, 5) is 0. The summed E-state index contributed by atoms with van der Waals surface area (Å²) in [6, 6.07) is 6.00. The van der Waals surface area contributed by atoms with Gasteiger partial charge in [0, 0.05) is 22.7 Å². The van der Waals surface area contributed by atoms with E-state index in [0.717, 1.165) is 21.1 Å². The molecule has 1 aromatic carbocycles. The Kier molecular flexibility index (Phi) is 3.77. The van der Waals surface area contributed by atoms with E-state index in [1.807, 2.05) is 29.8 Å². The van der Waals surface area contributed by atoms with Gasteiger partial charge in [0.2, 0.25) is 0 Å². The summed E-state index contributed by atoms with van der Waals surface area (Å²) in [5, 5.41) is 5.55. The molecule has 0 aliphatic rings. The highest BCUT2D eigenvalue weighted by Gasteiger charge is 2.08. The van der Waals surface area contributed by atoms with Gasteiger partial charge < -0.3 is 0 Å². The van der Waals surface area contributed by atoms with Crippen LogP contribution in [-0.4, -0.2) is 30.2 Å². The maximum absolute atomic E-state index is 11.1. The molecule has 2 rings (SSSR count). The molecule has 0 amide bonds. The van der Waals surface area contributed by atoms with Gasteiger partial charge in [0.15, 0.2) is 0 Å². The lowest BCUT2D eigenvalue weighted by molar-refractivity contribution is 0.582. The van der Waals surface area contributed by atoms with E-state index in [2.05, 4.69) is 21.0 Å². The Hall–Kier alpha value is -0.880. The van der Waals surface area contributed by atoms with Crippen LogP contribution >= 0.6 is 15.9 Å². The lowest BCUT2D eigenvalue weighted by atomic mass is 10.2. The van der Waals surface area contributed by atoms with E-state index in [-0.39, 0.29) is 5.75 Å². The van der Waals surface area contributed by atoms with E-state index >= 15 is 0 Å². The van der Waals surface area contributed by atoms with E-state index in [1.54, 1.807) is 0 Å². The molecule has 0 aliphatic carbocycles. The van der Waals surface area contributed by atoms with E-state index in [0.29, 0.717) is 13.0 Å². The van der Waals surface area contributed by atoms with E-state index in [4.69, 9.17) is 0 Å².